The van der Waals surface area contributed by atoms with E-state index >= 15 is 0 Å². The van der Waals surface area contributed by atoms with Gasteiger partial charge in [0, 0.05) is 17.4 Å². The topological polar surface area (TPSA) is 79.4 Å². The molecule has 0 aliphatic carbocycles. The van der Waals surface area contributed by atoms with E-state index in [9.17, 15) is 13.2 Å². The van der Waals surface area contributed by atoms with Crippen molar-refractivity contribution >= 4 is 50.5 Å². The molecule has 0 atom stereocenters. The summed E-state index contributed by atoms with van der Waals surface area (Å²) in [6, 6.07) is 14.4. The minimum atomic E-state index is -4.02. The van der Waals surface area contributed by atoms with Gasteiger partial charge in [-0.1, -0.05) is 40.9 Å². The first-order valence-electron chi connectivity index (χ1n) is 8.52. The number of amides is 1. The summed E-state index contributed by atoms with van der Waals surface area (Å²) in [5.41, 5.74) is 1.66. The molecule has 0 saturated heterocycles. The smallest absolute Gasteiger partial charge is 0.266 e. The average molecular weight is 450 g/mol. The van der Waals surface area contributed by atoms with Crippen molar-refractivity contribution in [3.63, 3.8) is 0 Å². The van der Waals surface area contributed by atoms with E-state index in [4.69, 9.17) is 23.2 Å². The summed E-state index contributed by atoms with van der Waals surface area (Å²) in [6.45, 7) is 1.44. The summed E-state index contributed by atoms with van der Waals surface area (Å²) < 4.78 is 27.4. The maximum atomic E-state index is 13.2. The predicted molar refractivity (Wildman–Crippen MR) is 115 cm³/mol. The molecule has 3 aromatic rings. The summed E-state index contributed by atoms with van der Waals surface area (Å²) in [6.07, 6.45) is 2.72. The zero-order valence-corrected chi connectivity index (χ0v) is 17.7. The molecule has 0 radical (unpaired) electrons. The number of halogens is 2. The van der Waals surface area contributed by atoms with Crippen LogP contribution in [0.3, 0.4) is 0 Å². The van der Waals surface area contributed by atoms with E-state index in [1.165, 1.54) is 30.6 Å². The first kappa shape index (κ1) is 21.1. The van der Waals surface area contributed by atoms with E-state index < -0.39 is 22.5 Å². The summed E-state index contributed by atoms with van der Waals surface area (Å²) in [4.78, 5) is 16.5. The maximum Gasteiger partial charge on any atom is 0.266 e. The molecule has 6 nitrogen and oxygen atoms in total. The van der Waals surface area contributed by atoms with Crippen molar-refractivity contribution in [1.82, 2.24) is 4.98 Å². The number of hydrogen-bond donors (Lipinski definition) is 1. The van der Waals surface area contributed by atoms with Crippen molar-refractivity contribution in [1.29, 1.82) is 0 Å². The Morgan fingerprint density at radius 1 is 1.10 bits per heavy atom. The van der Waals surface area contributed by atoms with Gasteiger partial charge in [-0.15, -0.1) is 0 Å². The first-order valence-corrected chi connectivity index (χ1v) is 10.7. The van der Waals surface area contributed by atoms with E-state index in [2.05, 4.69) is 10.3 Å². The van der Waals surface area contributed by atoms with Gasteiger partial charge in [-0.05, 0) is 49.4 Å². The molecule has 0 aliphatic heterocycles. The van der Waals surface area contributed by atoms with Crippen LogP contribution in [0.15, 0.2) is 71.9 Å². The average Bonchev–Trinajstić information content (AvgIpc) is 2.70. The molecule has 29 heavy (non-hydrogen) atoms. The van der Waals surface area contributed by atoms with Gasteiger partial charge in [-0.25, -0.2) is 8.42 Å². The van der Waals surface area contributed by atoms with Gasteiger partial charge in [0.2, 0.25) is 5.91 Å². The highest BCUT2D eigenvalue weighted by atomic mass is 35.5. The molecule has 0 fully saturated rings. The van der Waals surface area contributed by atoms with Crippen LogP contribution in [0.4, 0.5) is 11.4 Å². The number of sulfonamides is 1. The highest BCUT2D eigenvalue weighted by Crippen LogP contribution is 2.27. The number of benzene rings is 2. The van der Waals surface area contributed by atoms with Gasteiger partial charge in [0.15, 0.2) is 0 Å². The van der Waals surface area contributed by atoms with Gasteiger partial charge in [0.25, 0.3) is 10.0 Å². The largest absolute Gasteiger partial charge is 0.323 e. The standard InChI is InChI=1S/C20H17Cl2N3O3S/c1-14-4-7-16(8-5-14)25(29(27,28)17-3-2-10-23-12-17)13-20(26)24-19-9-6-15(21)11-18(19)22/h2-12H,13H2,1H3,(H,24,26). The molecule has 3 rings (SSSR count). The van der Waals surface area contributed by atoms with Gasteiger partial charge in [0.1, 0.15) is 11.4 Å². The monoisotopic (exact) mass is 449 g/mol. The zero-order valence-electron chi connectivity index (χ0n) is 15.3. The minimum absolute atomic E-state index is 0.0158. The Balaban J connectivity index is 1.93. The van der Waals surface area contributed by atoms with Crippen molar-refractivity contribution in [2.45, 2.75) is 11.8 Å². The second-order valence-corrected chi connectivity index (χ2v) is 8.91. The normalized spacial score (nSPS) is 11.1. The lowest BCUT2D eigenvalue weighted by molar-refractivity contribution is -0.114. The predicted octanol–water partition coefficient (Wildman–Crippen LogP) is 4.53. The summed E-state index contributed by atoms with van der Waals surface area (Å²) >= 11 is 12.0. The van der Waals surface area contributed by atoms with Crippen molar-refractivity contribution in [2.75, 3.05) is 16.2 Å². The molecule has 0 spiro atoms. The van der Waals surface area contributed by atoms with Crippen LogP contribution in [0.5, 0.6) is 0 Å². The second-order valence-electron chi connectivity index (χ2n) is 6.21. The molecule has 150 valence electrons. The van der Waals surface area contributed by atoms with Gasteiger partial charge in [-0.3, -0.25) is 14.1 Å². The quantitative estimate of drug-likeness (QED) is 0.599. The minimum Gasteiger partial charge on any atom is -0.323 e. The number of carbonyl (C=O) groups excluding carboxylic acids is 1. The van der Waals surface area contributed by atoms with E-state index in [1.807, 2.05) is 6.92 Å². The lowest BCUT2D eigenvalue weighted by Gasteiger charge is -2.24. The van der Waals surface area contributed by atoms with Crippen molar-refractivity contribution in [3.8, 4) is 0 Å². The molecule has 0 bridgehead atoms. The third-order valence-corrected chi connectivity index (χ3v) is 6.34. The van der Waals surface area contributed by atoms with Crippen molar-refractivity contribution in [2.24, 2.45) is 0 Å². The first-order chi connectivity index (χ1) is 13.8. The molecule has 0 aliphatic rings. The van der Waals surface area contributed by atoms with E-state index in [-0.39, 0.29) is 9.92 Å². The third-order valence-electron chi connectivity index (χ3n) is 4.04. The Hall–Kier alpha value is -2.61. The summed E-state index contributed by atoms with van der Waals surface area (Å²) in [5, 5.41) is 3.30. The van der Waals surface area contributed by atoms with Crippen molar-refractivity contribution < 1.29 is 13.2 Å². The second kappa shape index (κ2) is 8.82. The van der Waals surface area contributed by atoms with Crippen LogP contribution in [-0.2, 0) is 14.8 Å². The number of nitrogens with one attached hydrogen (secondary N) is 1. The number of rotatable bonds is 6. The van der Waals surface area contributed by atoms with E-state index in [0.29, 0.717) is 16.4 Å². The molecule has 1 aromatic heterocycles. The molecule has 9 heteroatoms. The SMILES string of the molecule is Cc1ccc(N(CC(=O)Nc2ccc(Cl)cc2Cl)S(=O)(=O)c2cccnc2)cc1. The van der Waals surface area contributed by atoms with Crippen LogP contribution in [0.25, 0.3) is 0 Å². The number of pyridine rings is 1. The third kappa shape index (κ3) is 5.06. The molecule has 1 amide bonds. The number of carbonyl (C=O) groups is 1. The fraction of sp³-hybridized carbons (Fsp3) is 0.100. The Labute approximate surface area is 179 Å². The number of hydrogen-bond acceptors (Lipinski definition) is 4. The maximum absolute atomic E-state index is 13.2. The molecular formula is C20H17Cl2N3O3S. The van der Waals surface area contributed by atoms with Gasteiger partial charge in [0.05, 0.1) is 16.4 Å². The van der Waals surface area contributed by atoms with Crippen LogP contribution in [0.2, 0.25) is 10.0 Å². The van der Waals surface area contributed by atoms with Crippen LogP contribution in [0, 0.1) is 6.92 Å². The molecule has 1 N–H and O–H groups in total. The van der Waals surface area contributed by atoms with Gasteiger partial charge < -0.3 is 5.32 Å². The lowest BCUT2D eigenvalue weighted by atomic mass is 10.2. The highest BCUT2D eigenvalue weighted by Gasteiger charge is 2.27. The molecular weight excluding hydrogens is 433 g/mol. The van der Waals surface area contributed by atoms with Crippen LogP contribution < -0.4 is 9.62 Å². The fourth-order valence-corrected chi connectivity index (χ4v) is 4.41. The van der Waals surface area contributed by atoms with Crippen LogP contribution >= 0.6 is 23.2 Å². The van der Waals surface area contributed by atoms with Gasteiger partial charge >= 0.3 is 0 Å². The van der Waals surface area contributed by atoms with E-state index in [0.717, 1.165) is 9.87 Å². The summed E-state index contributed by atoms with van der Waals surface area (Å²) in [7, 11) is -4.02. The summed E-state index contributed by atoms with van der Waals surface area (Å²) in [5.74, 6) is -0.553. The van der Waals surface area contributed by atoms with Crippen molar-refractivity contribution in [3.05, 3.63) is 82.6 Å². The Bertz CT molecular complexity index is 1120. The number of nitrogens with zero attached hydrogens (tertiary/aromatic N) is 2. The van der Waals surface area contributed by atoms with Gasteiger partial charge in [-0.2, -0.15) is 0 Å². The fourth-order valence-electron chi connectivity index (χ4n) is 2.56. The highest BCUT2D eigenvalue weighted by molar-refractivity contribution is 7.92. The number of aromatic nitrogens is 1. The lowest BCUT2D eigenvalue weighted by Crippen LogP contribution is -2.38. The molecule has 1 heterocycles. The zero-order chi connectivity index (χ0) is 21.0. The molecule has 2 aromatic carbocycles. The number of anilines is 2. The molecule has 0 saturated carbocycles. The van der Waals surface area contributed by atoms with Crippen LogP contribution in [-0.4, -0.2) is 25.9 Å². The van der Waals surface area contributed by atoms with Crippen LogP contribution in [0.1, 0.15) is 5.56 Å². The molecule has 0 unspecified atom stereocenters. The Kier molecular flexibility index (Phi) is 6.42. The Morgan fingerprint density at radius 2 is 1.83 bits per heavy atom. The Morgan fingerprint density at radius 3 is 2.45 bits per heavy atom. The number of aryl methyl sites for hydroxylation is 1. The van der Waals surface area contributed by atoms with E-state index in [1.54, 1.807) is 36.4 Å².